The Hall–Kier alpha value is -2.37. The highest BCUT2D eigenvalue weighted by Gasteiger charge is 2.22. The SMILES string of the molecule is CC(C)(C)c1nnc(Nc2ccccc2)n(N)c1=O. The Kier molecular flexibility index (Phi) is 3.25. The Morgan fingerprint density at radius 1 is 1.16 bits per heavy atom. The van der Waals surface area contributed by atoms with Gasteiger partial charge in [0.25, 0.3) is 5.56 Å². The Morgan fingerprint density at radius 3 is 2.37 bits per heavy atom. The van der Waals surface area contributed by atoms with Crippen LogP contribution in [0.3, 0.4) is 0 Å². The molecule has 0 saturated heterocycles. The molecule has 0 atom stereocenters. The quantitative estimate of drug-likeness (QED) is 0.796. The Bertz CT molecular complexity index is 628. The molecule has 100 valence electrons. The van der Waals surface area contributed by atoms with Gasteiger partial charge in [0.15, 0.2) is 0 Å². The van der Waals surface area contributed by atoms with Crippen molar-refractivity contribution in [3.8, 4) is 0 Å². The van der Waals surface area contributed by atoms with E-state index in [2.05, 4.69) is 15.5 Å². The smallest absolute Gasteiger partial charge is 0.295 e. The van der Waals surface area contributed by atoms with Crippen LogP contribution < -0.4 is 16.7 Å². The lowest BCUT2D eigenvalue weighted by Crippen LogP contribution is -2.38. The van der Waals surface area contributed by atoms with E-state index in [9.17, 15) is 4.79 Å². The van der Waals surface area contributed by atoms with Crippen LogP contribution in [0.1, 0.15) is 26.5 Å². The maximum atomic E-state index is 12.1. The van der Waals surface area contributed by atoms with Crippen LogP contribution >= 0.6 is 0 Å². The van der Waals surface area contributed by atoms with Crippen LogP contribution in [0.4, 0.5) is 11.6 Å². The zero-order valence-corrected chi connectivity index (χ0v) is 11.2. The predicted octanol–water partition coefficient (Wildman–Crippen LogP) is 1.39. The summed E-state index contributed by atoms with van der Waals surface area (Å²) in [5.41, 5.74) is 0.393. The fraction of sp³-hybridized carbons (Fsp3) is 0.308. The zero-order valence-electron chi connectivity index (χ0n) is 11.2. The van der Waals surface area contributed by atoms with Crippen LogP contribution in [0.5, 0.6) is 0 Å². The van der Waals surface area contributed by atoms with Gasteiger partial charge in [-0.3, -0.25) is 4.79 Å². The molecule has 1 aromatic carbocycles. The average molecular weight is 259 g/mol. The third kappa shape index (κ3) is 2.73. The summed E-state index contributed by atoms with van der Waals surface area (Å²) in [5, 5.41) is 10.9. The summed E-state index contributed by atoms with van der Waals surface area (Å²) in [7, 11) is 0. The third-order valence-corrected chi connectivity index (χ3v) is 2.63. The molecule has 0 bridgehead atoms. The first-order valence-electron chi connectivity index (χ1n) is 5.97. The molecule has 6 heteroatoms. The van der Waals surface area contributed by atoms with Crippen LogP contribution in [0, 0.1) is 0 Å². The first-order chi connectivity index (χ1) is 8.89. The molecule has 0 amide bonds. The second kappa shape index (κ2) is 4.72. The number of benzene rings is 1. The third-order valence-electron chi connectivity index (χ3n) is 2.63. The average Bonchev–Trinajstić information content (AvgIpc) is 2.35. The standard InChI is InChI=1S/C13H17N5O/c1-13(2,3)10-11(19)18(14)12(17-16-10)15-9-7-5-4-6-8-9/h4-8H,14H2,1-3H3,(H,15,17). The minimum absolute atomic E-state index is 0.212. The molecule has 0 saturated carbocycles. The Labute approximate surface area is 111 Å². The summed E-state index contributed by atoms with van der Waals surface area (Å²) in [6.07, 6.45) is 0. The van der Waals surface area contributed by atoms with E-state index < -0.39 is 5.41 Å². The maximum absolute atomic E-state index is 12.1. The van der Waals surface area contributed by atoms with Crippen molar-refractivity contribution in [3.05, 3.63) is 46.4 Å². The summed E-state index contributed by atoms with van der Waals surface area (Å²) in [6.45, 7) is 5.67. The Morgan fingerprint density at radius 2 is 1.79 bits per heavy atom. The summed E-state index contributed by atoms with van der Waals surface area (Å²) >= 11 is 0. The summed E-state index contributed by atoms with van der Waals surface area (Å²) < 4.78 is 0.987. The van der Waals surface area contributed by atoms with Crippen molar-refractivity contribution in [3.63, 3.8) is 0 Å². The van der Waals surface area contributed by atoms with E-state index >= 15 is 0 Å². The molecule has 6 nitrogen and oxygen atoms in total. The molecule has 1 heterocycles. The van der Waals surface area contributed by atoms with Gasteiger partial charge in [-0.05, 0) is 12.1 Å². The highest BCUT2D eigenvalue weighted by molar-refractivity contribution is 5.52. The van der Waals surface area contributed by atoms with Crippen molar-refractivity contribution in [2.75, 3.05) is 11.2 Å². The molecule has 2 aromatic rings. The second-order valence-corrected chi connectivity index (χ2v) is 5.29. The van der Waals surface area contributed by atoms with Crippen LogP contribution in [-0.4, -0.2) is 14.9 Å². The fourth-order valence-corrected chi connectivity index (χ4v) is 1.61. The van der Waals surface area contributed by atoms with Gasteiger partial charge >= 0.3 is 0 Å². The number of nitrogens with one attached hydrogen (secondary N) is 1. The van der Waals surface area contributed by atoms with Crippen LogP contribution in [0.2, 0.25) is 0 Å². The molecule has 0 aliphatic carbocycles. The van der Waals surface area contributed by atoms with Gasteiger partial charge in [0.2, 0.25) is 5.95 Å². The number of nitrogens with zero attached hydrogens (tertiary/aromatic N) is 3. The number of aromatic nitrogens is 3. The molecular weight excluding hydrogens is 242 g/mol. The minimum Gasteiger partial charge on any atom is -0.333 e. The summed E-state index contributed by atoms with van der Waals surface area (Å²) in [6, 6.07) is 9.35. The highest BCUT2D eigenvalue weighted by Crippen LogP contribution is 2.16. The number of anilines is 2. The van der Waals surface area contributed by atoms with E-state index in [1.165, 1.54) is 0 Å². The zero-order chi connectivity index (χ0) is 14.0. The molecule has 19 heavy (non-hydrogen) atoms. The second-order valence-electron chi connectivity index (χ2n) is 5.29. The molecule has 3 N–H and O–H groups in total. The molecule has 0 unspecified atom stereocenters. The van der Waals surface area contributed by atoms with Gasteiger partial charge in [-0.25, -0.2) is 0 Å². The van der Waals surface area contributed by atoms with Crippen molar-refractivity contribution in [1.82, 2.24) is 14.9 Å². The van der Waals surface area contributed by atoms with Crippen molar-refractivity contribution in [1.29, 1.82) is 0 Å². The number of hydrogen-bond donors (Lipinski definition) is 2. The molecular formula is C13H17N5O. The number of nitrogen functional groups attached to an aromatic ring is 1. The van der Waals surface area contributed by atoms with Gasteiger partial charge in [-0.2, -0.15) is 4.68 Å². The number of para-hydroxylation sites is 1. The lowest BCUT2D eigenvalue weighted by Gasteiger charge is -2.17. The summed E-state index contributed by atoms with van der Waals surface area (Å²) in [4.78, 5) is 12.1. The van der Waals surface area contributed by atoms with Gasteiger partial charge in [0.05, 0.1) is 0 Å². The Balaban J connectivity index is 2.40. The molecule has 0 aliphatic heterocycles. The maximum Gasteiger partial charge on any atom is 0.295 e. The van der Waals surface area contributed by atoms with Crippen LogP contribution in [0.25, 0.3) is 0 Å². The van der Waals surface area contributed by atoms with Gasteiger partial charge in [0.1, 0.15) is 5.69 Å². The van der Waals surface area contributed by atoms with Gasteiger partial charge in [-0.1, -0.05) is 39.0 Å². The van der Waals surface area contributed by atoms with Gasteiger partial charge in [0, 0.05) is 11.1 Å². The van der Waals surface area contributed by atoms with Crippen LogP contribution in [-0.2, 0) is 5.41 Å². The monoisotopic (exact) mass is 259 g/mol. The predicted molar refractivity (Wildman–Crippen MR) is 74.9 cm³/mol. The van der Waals surface area contributed by atoms with Crippen LogP contribution in [0.15, 0.2) is 35.1 Å². The van der Waals surface area contributed by atoms with E-state index in [0.717, 1.165) is 10.4 Å². The number of rotatable bonds is 2. The molecule has 0 aliphatic rings. The van der Waals surface area contributed by atoms with Gasteiger partial charge < -0.3 is 11.2 Å². The van der Waals surface area contributed by atoms with Crippen molar-refractivity contribution >= 4 is 11.6 Å². The first kappa shape index (κ1) is 13.1. The molecule has 2 rings (SSSR count). The number of hydrogen-bond acceptors (Lipinski definition) is 5. The lowest BCUT2D eigenvalue weighted by molar-refractivity contribution is 0.539. The molecule has 0 spiro atoms. The lowest BCUT2D eigenvalue weighted by atomic mass is 9.93. The van der Waals surface area contributed by atoms with E-state index in [-0.39, 0.29) is 11.5 Å². The fourth-order valence-electron chi connectivity index (χ4n) is 1.61. The van der Waals surface area contributed by atoms with Crippen molar-refractivity contribution in [2.45, 2.75) is 26.2 Å². The van der Waals surface area contributed by atoms with E-state index in [0.29, 0.717) is 5.69 Å². The van der Waals surface area contributed by atoms with E-state index in [4.69, 9.17) is 5.84 Å². The first-order valence-corrected chi connectivity index (χ1v) is 5.97. The highest BCUT2D eigenvalue weighted by atomic mass is 16.1. The molecule has 1 aromatic heterocycles. The molecule has 0 radical (unpaired) electrons. The van der Waals surface area contributed by atoms with Crippen molar-refractivity contribution < 1.29 is 0 Å². The van der Waals surface area contributed by atoms with E-state index in [1.807, 2.05) is 51.1 Å². The topological polar surface area (TPSA) is 85.8 Å². The largest absolute Gasteiger partial charge is 0.333 e. The molecule has 0 fully saturated rings. The minimum atomic E-state index is -0.392. The number of nitrogens with two attached hydrogens (primary N) is 1. The summed E-state index contributed by atoms with van der Waals surface area (Å²) in [5.74, 6) is 5.98. The van der Waals surface area contributed by atoms with Gasteiger partial charge in [-0.15, -0.1) is 10.2 Å². The van der Waals surface area contributed by atoms with E-state index in [1.54, 1.807) is 0 Å². The normalized spacial score (nSPS) is 11.3. The van der Waals surface area contributed by atoms with Crippen molar-refractivity contribution in [2.24, 2.45) is 0 Å².